The minimum atomic E-state index is -0.381. The van der Waals surface area contributed by atoms with E-state index in [1.54, 1.807) is 22.8 Å². The van der Waals surface area contributed by atoms with E-state index >= 15 is 0 Å². The molecular formula is C26H31ClFN5O4S. The molecule has 0 aliphatic carbocycles. The van der Waals surface area contributed by atoms with E-state index in [4.69, 9.17) is 16.3 Å². The van der Waals surface area contributed by atoms with Crippen LogP contribution in [0.2, 0.25) is 5.15 Å². The molecule has 2 aromatic rings. The van der Waals surface area contributed by atoms with Gasteiger partial charge in [0.15, 0.2) is 5.16 Å². The van der Waals surface area contributed by atoms with Crippen LogP contribution in [0.3, 0.4) is 0 Å². The number of nitrogens with zero attached hydrogens (tertiary/aromatic N) is 5. The number of hydrogen-bond donors (Lipinski definition) is 0. The molecule has 0 saturated carbocycles. The van der Waals surface area contributed by atoms with Crippen LogP contribution in [0, 0.1) is 11.7 Å². The van der Waals surface area contributed by atoms with Crippen LogP contribution in [0.1, 0.15) is 37.0 Å². The van der Waals surface area contributed by atoms with Gasteiger partial charge in [0.05, 0.1) is 18.3 Å². The van der Waals surface area contributed by atoms with Gasteiger partial charge in [-0.15, -0.1) is 0 Å². The lowest BCUT2D eigenvalue weighted by molar-refractivity contribution is -0.151. The fraction of sp³-hybridized carbons (Fsp3) is 0.500. The van der Waals surface area contributed by atoms with Crippen molar-refractivity contribution in [3.05, 3.63) is 46.9 Å². The number of rotatable bonds is 7. The topological polar surface area (TPSA) is 95.9 Å². The Bertz CT molecular complexity index is 1160. The molecule has 2 fully saturated rings. The SMILES string of the molecule is CCOC(=O)C1CCN(C(=O)CSc2nc(Cl)cc(N3CCN(C(=O)c4ccc(F)cc4)C(C)C3)n2)CC1. The van der Waals surface area contributed by atoms with Crippen LogP contribution < -0.4 is 4.90 Å². The first kappa shape index (κ1) is 28.1. The summed E-state index contributed by atoms with van der Waals surface area (Å²) in [6.45, 7) is 6.69. The number of amides is 2. The fourth-order valence-corrected chi connectivity index (χ4v) is 5.66. The third-order valence-electron chi connectivity index (χ3n) is 6.76. The number of aromatic nitrogens is 2. The van der Waals surface area contributed by atoms with Crippen molar-refractivity contribution in [2.24, 2.45) is 5.92 Å². The number of esters is 1. The summed E-state index contributed by atoms with van der Waals surface area (Å²) in [5.41, 5.74) is 0.449. The second kappa shape index (κ2) is 12.8. The van der Waals surface area contributed by atoms with Gasteiger partial charge in [0, 0.05) is 50.4 Å². The molecule has 204 valence electrons. The molecule has 1 atom stereocenters. The fourth-order valence-electron chi connectivity index (χ4n) is 4.68. The summed E-state index contributed by atoms with van der Waals surface area (Å²) in [6, 6.07) is 7.13. The van der Waals surface area contributed by atoms with E-state index in [1.165, 1.54) is 36.0 Å². The third-order valence-corrected chi connectivity index (χ3v) is 7.78. The Labute approximate surface area is 230 Å². The first-order valence-electron chi connectivity index (χ1n) is 12.7. The summed E-state index contributed by atoms with van der Waals surface area (Å²) in [6.07, 6.45) is 1.20. The van der Waals surface area contributed by atoms with E-state index in [0.29, 0.717) is 68.7 Å². The van der Waals surface area contributed by atoms with E-state index in [0.717, 1.165) is 0 Å². The molecule has 0 radical (unpaired) electrons. The predicted molar refractivity (Wildman–Crippen MR) is 143 cm³/mol. The maximum absolute atomic E-state index is 13.2. The zero-order valence-corrected chi connectivity index (χ0v) is 23.0. The molecular weight excluding hydrogens is 533 g/mol. The van der Waals surface area contributed by atoms with E-state index in [9.17, 15) is 18.8 Å². The molecule has 12 heteroatoms. The van der Waals surface area contributed by atoms with Crippen molar-refractivity contribution in [2.75, 3.05) is 50.0 Å². The van der Waals surface area contributed by atoms with Crippen LogP contribution in [0.15, 0.2) is 35.5 Å². The highest BCUT2D eigenvalue weighted by Crippen LogP contribution is 2.26. The Morgan fingerprint density at radius 3 is 2.47 bits per heavy atom. The highest BCUT2D eigenvalue weighted by Gasteiger charge is 2.30. The van der Waals surface area contributed by atoms with Crippen molar-refractivity contribution in [2.45, 2.75) is 37.9 Å². The van der Waals surface area contributed by atoms with E-state index in [2.05, 4.69) is 9.97 Å². The maximum Gasteiger partial charge on any atom is 0.309 e. The summed E-state index contributed by atoms with van der Waals surface area (Å²) in [7, 11) is 0. The van der Waals surface area contributed by atoms with Crippen molar-refractivity contribution in [3.8, 4) is 0 Å². The molecule has 2 amide bonds. The summed E-state index contributed by atoms with van der Waals surface area (Å²) in [5.74, 6) is -0.101. The molecule has 2 saturated heterocycles. The van der Waals surface area contributed by atoms with Crippen molar-refractivity contribution in [1.82, 2.24) is 19.8 Å². The highest BCUT2D eigenvalue weighted by molar-refractivity contribution is 7.99. The number of carbonyl (C=O) groups excluding carboxylic acids is 3. The van der Waals surface area contributed by atoms with Gasteiger partial charge in [-0.1, -0.05) is 23.4 Å². The largest absolute Gasteiger partial charge is 0.466 e. The maximum atomic E-state index is 13.2. The van der Waals surface area contributed by atoms with E-state index in [-0.39, 0.29) is 46.5 Å². The first-order valence-corrected chi connectivity index (χ1v) is 14.0. The Morgan fingerprint density at radius 2 is 1.82 bits per heavy atom. The number of carbonyl (C=O) groups is 3. The van der Waals surface area contributed by atoms with E-state index < -0.39 is 0 Å². The molecule has 3 heterocycles. The van der Waals surface area contributed by atoms with Gasteiger partial charge in [0.2, 0.25) is 5.91 Å². The minimum Gasteiger partial charge on any atom is -0.466 e. The number of halogens is 2. The van der Waals surface area contributed by atoms with Crippen molar-refractivity contribution < 1.29 is 23.5 Å². The van der Waals surface area contributed by atoms with Crippen LogP contribution >= 0.6 is 23.4 Å². The lowest BCUT2D eigenvalue weighted by Gasteiger charge is -2.40. The lowest BCUT2D eigenvalue weighted by Crippen LogP contribution is -2.54. The second-order valence-electron chi connectivity index (χ2n) is 9.33. The molecule has 2 aliphatic rings. The van der Waals surface area contributed by atoms with Gasteiger partial charge in [-0.2, -0.15) is 0 Å². The molecule has 1 unspecified atom stereocenters. The Kier molecular flexibility index (Phi) is 9.43. The number of benzene rings is 1. The number of piperidine rings is 1. The third kappa shape index (κ3) is 6.93. The molecule has 0 spiro atoms. The van der Waals surface area contributed by atoms with E-state index in [1.807, 2.05) is 11.8 Å². The number of anilines is 1. The van der Waals surface area contributed by atoms with Crippen LogP contribution in [0.25, 0.3) is 0 Å². The van der Waals surface area contributed by atoms with Crippen LogP contribution in [-0.2, 0) is 14.3 Å². The minimum absolute atomic E-state index is 0.0380. The lowest BCUT2D eigenvalue weighted by atomic mass is 9.97. The van der Waals surface area contributed by atoms with Gasteiger partial charge in [-0.3, -0.25) is 14.4 Å². The quantitative estimate of drug-likeness (QED) is 0.219. The predicted octanol–water partition coefficient (Wildman–Crippen LogP) is 3.51. The van der Waals surface area contributed by atoms with Gasteiger partial charge in [-0.25, -0.2) is 14.4 Å². The van der Waals surface area contributed by atoms with Crippen LogP contribution in [0.5, 0.6) is 0 Å². The highest BCUT2D eigenvalue weighted by atomic mass is 35.5. The summed E-state index contributed by atoms with van der Waals surface area (Å²) in [4.78, 5) is 52.1. The smallest absolute Gasteiger partial charge is 0.309 e. The molecule has 0 N–H and O–H groups in total. The first-order chi connectivity index (χ1) is 18.2. The Balaban J connectivity index is 1.31. The summed E-state index contributed by atoms with van der Waals surface area (Å²) < 4.78 is 18.3. The molecule has 4 rings (SSSR count). The van der Waals surface area contributed by atoms with Gasteiger partial charge in [0.25, 0.3) is 5.91 Å². The number of ether oxygens (including phenoxy) is 1. The van der Waals surface area contributed by atoms with Gasteiger partial charge >= 0.3 is 5.97 Å². The van der Waals surface area contributed by atoms with Gasteiger partial charge < -0.3 is 19.4 Å². The zero-order chi connectivity index (χ0) is 27.2. The molecule has 0 bridgehead atoms. The Morgan fingerprint density at radius 1 is 1.11 bits per heavy atom. The monoisotopic (exact) mass is 563 g/mol. The number of piperazine rings is 1. The van der Waals surface area contributed by atoms with Gasteiger partial charge in [0.1, 0.15) is 16.8 Å². The molecule has 1 aromatic heterocycles. The molecule has 2 aliphatic heterocycles. The molecule has 38 heavy (non-hydrogen) atoms. The summed E-state index contributed by atoms with van der Waals surface area (Å²) >= 11 is 7.51. The average Bonchev–Trinajstić information content (AvgIpc) is 2.91. The average molecular weight is 564 g/mol. The molecule has 9 nitrogen and oxygen atoms in total. The van der Waals surface area contributed by atoms with Crippen LogP contribution in [0.4, 0.5) is 10.2 Å². The summed E-state index contributed by atoms with van der Waals surface area (Å²) in [5, 5.41) is 0.678. The van der Waals surface area contributed by atoms with Crippen molar-refractivity contribution >= 4 is 47.0 Å². The number of hydrogen-bond acceptors (Lipinski definition) is 8. The zero-order valence-electron chi connectivity index (χ0n) is 21.4. The number of thioether (sulfide) groups is 1. The van der Waals surface area contributed by atoms with Gasteiger partial charge in [-0.05, 0) is 51.0 Å². The van der Waals surface area contributed by atoms with Crippen molar-refractivity contribution in [3.63, 3.8) is 0 Å². The number of likely N-dealkylation sites (tertiary alicyclic amines) is 1. The normalized spacial score (nSPS) is 18.4. The van der Waals surface area contributed by atoms with Crippen LogP contribution in [-0.4, -0.2) is 88.7 Å². The Hall–Kier alpha value is -2.92. The molecule has 1 aromatic carbocycles. The van der Waals surface area contributed by atoms with Crippen molar-refractivity contribution in [1.29, 1.82) is 0 Å². The standard InChI is InChI=1S/C26H31ClFN5O4S/c1-3-37-25(36)19-8-10-31(11-9-19)23(34)16-38-26-29-21(27)14-22(30-26)32-12-13-33(17(2)15-32)24(35)18-4-6-20(28)7-5-18/h4-7,14,17,19H,3,8-13,15-16H2,1-2H3. The second-order valence-corrected chi connectivity index (χ2v) is 10.7.